The normalized spacial score (nSPS) is 14.5. The monoisotopic (exact) mass is 473 g/mol. The number of ether oxygens (including phenoxy) is 1. The Bertz CT molecular complexity index is 1460. The van der Waals surface area contributed by atoms with Crippen molar-refractivity contribution in [3.8, 4) is 17.3 Å². The molecule has 6 rings (SSSR count). The molecule has 1 fully saturated rings. The molecule has 5 heterocycles. The molecule has 1 saturated heterocycles. The van der Waals surface area contributed by atoms with E-state index in [0.29, 0.717) is 16.7 Å². The van der Waals surface area contributed by atoms with Crippen molar-refractivity contribution in [3.63, 3.8) is 0 Å². The molecule has 35 heavy (non-hydrogen) atoms. The zero-order valence-corrected chi connectivity index (χ0v) is 18.7. The van der Waals surface area contributed by atoms with E-state index in [1.807, 2.05) is 24.0 Å². The minimum Gasteiger partial charge on any atom is -0.435 e. The molecule has 0 radical (unpaired) electrons. The Morgan fingerprint density at radius 2 is 1.86 bits per heavy atom. The van der Waals surface area contributed by atoms with Crippen molar-refractivity contribution in [2.75, 3.05) is 18.0 Å². The molecule has 0 N–H and O–H groups in total. The maximum atomic E-state index is 14.7. The minimum absolute atomic E-state index is 0.0287. The predicted octanol–water partition coefficient (Wildman–Crippen LogP) is 2.67. The summed E-state index contributed by atoms with van der Waals surface area (Å²) in [5, 5.41) is 16.1. The van der Waals surface area contributed by atoms with Crippen molar-refractivity contribution in [1.29, 1.82) is 0 Å². The number of hydrogen-bond acceptors (Lipinski definition) is 10. The van der Waals surface area contributed by atoms with Gasteiger partial charge >= 0.3 is 0 Å². The number of aromatic nitrogens is 10. The lowest BCUT2D eigenvalue weighted by Gasteiger charge is -2.32. The third kappa shape index (κ3) is 4.00. The van der Waals surface area contributed by atoms with E-state index in [-0.39, 0.29) is 17.7 Å². The van der Waals surface area contributed by atoms with Gasteiger partial charge in [0.05, 0.1) is 17.9 Å². The summed E-state index contributed by atoms with van der Waals surface area (Å²) >= 11 is 0. The average molecular weight is 473 g/mol. The first-order valence-electron chi connectivity index (χ1n) is 11.1. The summed E-state index contributed by atoms with van der Waals surface area (Å²) in [6, 6.07) is 4.61. The number of fused-ring (bicyclic) bond motifs is 1. The lowest BCUT2D eigenvalue weighted by molar-refractivity contribution is 0.372. The molecule has 1 aromatic carbocycles. The Balaban J connectivity index is 1.21. The number of piperidine rings is 1. The van der Waals surface area contributed by atoms with E-state index in [4.69, 9.17) is 4.74 Å². The lowest BCUT2D eigenvalue weighted by atomic mass is 10.1. The SMILES string of the molecule is Cc1cnc(N2CCC(n3ncc4c(Oc5ccc(-n6cnnn6)cc5F)ncnc43)CC2)nc1. The summed E-state index contributed by atoms with van der Waals surface area (Å²) < 4.78 is 23.8. The molecule has 0 atom stereocenters. The average Bonchev–Trinajstić information content (AvgIpc) is 3.57. The minimum atomic E-state index is -0.567. The van der Waals surface area contributed by atoms with E-state index in [1.165, 1.54) is 29.5 Å². The summed E-state index contributed by atoms with van der Waals surface area (Å²) in [4.78, 5) is 19.7. The number of hydrogen-bond donors (Lipinski definition) is 0. The molecular weight excluding hydrogens is 453 g/mol. The number of rotatable bonds is 5. The van der Waals surface area contributed by atoms with E-state index in [0.717, 1.165) is 37.4 Å². The Morgan fingerprint density at radius 3 is 2.60 bits per heavy atom. The molecule has 0 saturated carbocycles. The van der Waals surface area contributed by atoms with Gasteiger partial charge in [-0.3, -0.25) is 0 Å². The smallest absolute Gasteiger partial charge is 0.233 e. The number of halogens is 1. The van der Waals surface area contributed by atoms with E-state index >= 15 is 0 Å². The van der Waals surface area contributed by atoms with Gasteiger partial charge in [0.1, 0.15) is 18.0 Å². The second-order valence-electron chi connectivity index (χ2n) is 8.26. The highest BCUT2D eigenvalue weighted by Gasteiger charge is 2.25. The van der Waals surface area contributed by atoms with Crippen LogP contribution in [0.4, 0.5) is 10.3 Å². The Hall–Kier alpha value is -4.55. The summed E-state index contributed by atoms with van der Waals surface area (Å²) in [5.74, 6) is 0.440. The van der Waals surface area contributed by atoms with Crippen molar-refractivity contribution < 1.29 is 9.13 Å². The summed E-state index contributed by atoms with van der Waals surface area (Å²) in [6.45, 7) is 3.59. The zero-order valence-electron chi connectivity index (χ0n) is 18.7. The summed E-state index contributed by atoms with van der Waals surface area (Å²) in [7, 11) is 0. The van der Waals surface area contributed by atoms with Gasteiger partial charge in [0.25, 0.3) is 0 Å². The molecule has 12 nitrogen and oxygen atoms in total. The molecule has 0 bridgehead atoms. The lowest BCUT2D eigenvalue weighted by Crippen LogP contribution is -2.36. The topological polar surface area (TPSA) is 125 Å². The van der Waals surface area contributed by atoms with Crippen LogP contribution in [0.1, 0.15) is 24.4 Å². The van der Waals surface area contributed by atoms with Crippen LogP contribution in [-0.4, -0.2) is 63.0 Å². The Kier molecular flexibility index (Phi) is 5.20. The molecule has 1 aliphatic rings. The van der Waals surface area contributed by atoms with Gasteiger partial charge in [0.2, 0.25) is 11.8 Å². The second-order valence-corrected chi connectivity index (χ2v) is 8.26. The van der Waals surface area contributed by atoms with Gasteiger partial charge in [0, 0.05) is 31.5 Å². The van der Waals surface area contributed by atoms with Crippen LogP contribution in [0.5, 0.6) is 11.6 Å². The van der Waals surface area contributed by atoms with Crippen LogP contribution >= 0.6 is 0 Å². The quantitative estimate of drug-likeness (QED) is 0.376. The van der Waals surface area contributed by atoms with Gasteiger partial charge in [-0.15, -0.1) is 5.10 Å². The fourth-order valence-corrected chi connectivity index (χ4v) is 4.15. The van der Waals surface area contributed by atoms with E-state index in [2.05, 4.69) is 45.5 Å². The Morgan fingerprint density at radius 1 is 1.03 bits per heavy atom. The molecule has 176 valence electrons. The fraction of sp³-hybridized carbons (Fsp3) is 0.273. The number of nitrogens with zero attached hydrogens (tertiary/aromatic N) is 11. The van der Waals surface area contributed by atoms with Crippen molar-refractivity contribution in [1.82, 2.24) is 49.9 Å². The van der Waals surface area contributed by atoms with Crippen LogP contribution in [0.15, 0.2) is 49.4 Å². The van der Waals surface area contributed by atoms with Gasteiger partial charge < -0.3 is 9.64 Å². The van der Waals surface area contributed by atoms with E-state index < -0.39 is 5.82 Å². The van der Waals surface area contributed by atoms with Gasteiger partial charge in [-0.05, 0) is 47.9 Å². The highest BCUT2D eigenvalue weighted by Crippen LogP contribution is 2.32. The van der Waals surface area contributed by atoms with Crippen LogP contribution in [0.2, 0.25) is 0 Å². The molecule has 0 spiro atoms. The van der Waals surface area contributed by atoms with E-state index in [9.17, 15) is 4.39 Å². The van der Waals surface area contributed by atoms with Crippen LogP contribution in [0, 0.1) is 12.7 Å². The third-order valence-corrected chi connectivity index (χ3v) is 5.95. The number of benzene rings is 1. The highest BCUT2D eigenvalue weighted by molar-refractivity contribution is 5.80. The standard InChI is InChI=1S/C22H20FN11O/c1-14-9-24-22(25-10-14)32-6-4-15(5-7-32)34-20-17(11-29-34)21(27-12-26-20)35-19-3-2-16(8-18(19)23)33-13-28-30-31-33/h2-3,8-13,15H,4-7H2,1H3. The molecular formula is C22H20FN11O. The van der Waals surface area contributed by atoms with Crippen molar-refractivity contribution in [2.45, 2.75) is 25.8 Å². The van der Waals surface area contributed by atoms with Crippen molar-refractivity contribution in [3.05, 3.63) is 60.8 Å². The first kappa shape index (κ1) is 21.0. The molecule has 1 aliphatic heterocycles. The number of tetrazole rings is 1. The maximum absolute atomic E-state index is 14.7. The molecule has 0 amide bonds. The zero-order chi connectivity index (χ0) is 23.8. The van der Waals surface area contributed by atoms with Crippen molar-refractivity contribution in [2.24, 2.45) is 0 Å². The summed E-state index contributed by atoms with van der Waals surface area (Å²) in [5.41, 5.74) is 2.15. The molecule has 4 aromatic heterocycles. The second kappa shape index (κ2) is 8.66. The molecule has 13 heteroatoms. The number of aryl methyl sites for hydroxylation is 1. The van der Waals surface area contributed by atoms with Crippen LogP contribution < -0.4 is 9.64 Å². The Labute approximate surface area is 198 Å². The number of anilines is 1. The first-order chi connectivity index (χ1) is 17.2. The van der Waals surface area contributed by atoms with Crippen molar-refractivity contribution >= 4 is 17.0 Å². The molecule has 0 unspecified atom stereocenters. The third-order valence-electron chi connectivity index (χ3n) is 5.95. The fourth-order valence-electron chi connectivity index (χ4n) is 4.15. The largest absolute Gasteiger partial charge is 0.435 e. The van der Waals surface area contributed by atoms with Crippen LogP contribution in [-0.2, 0) is 0 Å². The van der Waals surface area contributed by atoms with Gasteiger partial charge in [-0.1, -0.05) is 0 Å². The van der Waals surface area contributed by atoms with Gasteiger partial charge in [-0.25, -0.2) is 33.7 Å². The predicted molar refractivity (Wildman–Crippen MR) is 122 cm³/mol. The first-order valence-corrected chi connectivity index (χ1v) is 11.1. The summed E-state index contributed by atoms with van der Waals surface area (Å²) in [6.07, 6.45) is 9.83. The van der Waals surface area contributed by atoms with Gasteiger partial charge in [0.15, 0.2) is 17.2 Å². The van der Waals surface area contributed by atoms with Crippen LogP contribution in [0.25, 0.3) is 16.7 Å². The molecule has 0 aliphatic carbocycles. The maximum Gasteiger partial charge on any atom is 0.233 e. The van der Waals surface area contributed by atoms with E-state index in [1.54, 1.807) is 12.3 Å². The molecule has 5 aromatic rings. The van der Waals surface area contributed by atoms with Gasteiger partial charge in [-0.2, -0.15) is 5.10 Å². The van der Waals surface area contributed by atoms with Crippen LogP contribution in [0.3, 0.4) is 0 Å². The highest BCUT2D eigenvalue weighted by atomic mass is 19.1.